The van der Waals surface area contributed by atoms with E-state index in [1.807, 2.05) is 30.3 Å². The molecular weight excluding hydrogens is 348 g/mol. The number of hydrogen-bond acceptors (Lipinski definition) is 5. The van der Waals surface area contributed by atoms with Gasteiger partial charge in [0, 0.05) is 13.1 Å². The number of primary amides is 1. The van der Waals surface area contributed by atoms with Crippen LogP contribution in [0.5, 0.6) is 0 Å². The van der Waals surface area contributed by atoms with Gasteiger partial charge < -0.3 is 5.73 Å². The lowest BCUT2D eigenvalue weighted by molar-refractivity contribution is -0.115. The zero-order valence-electron chi connectivity index (χ0n) is 14.9. The minimum absolute atomic E-state index is 0.206. The number of carbonyl (C=O) groups excluding carboxylic acids is 2. The Bertz CT molecular complexity index is 752. The van der Waals surface area contributed by atoms with Gasteiger partial charge in [-0.25, -0.2) is 14.9 Å². The Balaban J connectivity index is 2.29. The van der Waals surface area contributed by atoms with Crippen LogP contribution in [0.15, 0.2) is 36.5 Å². The quantitative estimate of drug-likeness (QED) is 0.522. The van der Waals surface area contributed by atoms with E-state index in [0.29, 0.717) is 23.4 Å². The van der Waals surface area contributed by atoms with Gasteiger partial charge in [-0.1, -0.05) is 31.0 Å². The van der Waals surface area contributed by atoms with Gasteiger partial charge in [-0.2, -0.15) is 12.6 Å². The van der Waals surface area contributed by atoms with Crippen LogP contribution in [-0.4, -0.2) is 27.5 Å². The fourth-order valence-electron chi connectivity index (χ4n) is 2.68. The molecule has 0 aliphatic carbocycles. The predicted octanol–water partition coefficient (Wildman–Crippen LogP) is 3.29. The molecule has 26 heavy (non-hydrogen) atoms. The third kappa shape index (κ3) is 5.29. The van der Waals surface area contributed by atoms with Crippen LogP contribution in [0.3, 0.4) is 0 Å². The van der Waals surface area contributed by atoms with Crippen molar-refractivity contribution in [3.05, 3.63) is 47.8 Å². The van der Waals surface area contributed by atoms with Crippen molar-refractivity contribution in [2.75, 3.05) is 10.7 Å². The Kier molecular flexibility index (Phi) is 7.59. The zero-order chi connectivity index (χ0) is 18.9. The second-order valence-corrected chi connectivity index (χ2v) is 6.42. The summed E-state index contributed by atoms with van der Waals surface area (Å²) >= 11 is 4.21. The van der Waals surface area contributed by atoms with Crippen molar-refractivity contribution in [2.24, 2.45) is 5.73 Å². The number of hydrogen-bond donors (Lipinski definition) is 2. The molecule has 2 aromatic rings. The number of nitrogens with zero attached hydrogens (tertiary/aromatic N) is 3. The summed E-state index contributed by atoms with van der Waals surface area (Å²) in [6.45, 7) is 1.45. The molecule has 0 bridgehead atoms. The van der Waals surface area contributed by atoms with Crippen LogP contribution in [0, 0.1) is 0 Å². The van der Waals surface area contributed by atoms with Gasteiger partial charge >= 0.3 is 0 Å². The van der Waals surface area contributed by atoms with Crippen LogP contribution in [0.2, 0.25) is 0 Å². The van der Waals surface area contributed by atoms with Crippen molar-refractivity contribution in [3.63, 3.8) is 0 Å². The highest BCUT2D eigenvalue weighted by Crippen LogP contribution is 2.23. The summed E-state index contributed by atoms with van der Waals surface area (Å²) in [6.07, 6.45) is 6.07. The first-order chi connectivity index (χ1) is 12.5. The van der Waals surface area contributed by atoms with Crippen LogP contribution in [-0.2, 0) is 11.2 Å². The molecule has 0 radical (unpaired) electrons. The maximum atomic E-state index is 12.2. The molecule has 0 aliphatic heterocycles. The number of thiol groups is 1. The molecule has 1 heterocycles. The third-order valence-corrected chi connectivity index (χ3v) is 4.29. The van der Waals surface area contributed by atoms with Gasteiger partial charge in [-0.3, -0.25) is 9.59 Å². The first-order valence-electron chi connectivity index (χ1n) is 8.67. The van der Waals surface area contributed by atoms with E-state index >= 15 is 0 Å². The minimum atomic E-state index is -0.559. The fourth-order valence-corrected chi connectivity index (χ4v) is 2.91. The van der Waals surface area contributed by atoms with E-state index in [1.54, 1.807) is 0 Å². The van der Waals surface area contributed by atoms with Crippen LogP contribution < -0.4 is 10.6 Å². The summed E-state index contributed by atoms with van der Waals surface area (Å²) in [5.74, 6) is 0.354. The molecule has 0 saturated carbocycles. The monoisotopic (exact) mass is 372 g/mol. The predicted molar refractivity (Wildman–Crippen MR) is 106 cm³/mol. The van der Waals surface area contributed by atoms with Gasteiger partial charge in [0.2, 0.25) is 11.9 Å². The number of aryl methyl sites for hydroxylation is 1. The lowest BCUT2D eigenvalue weighted by Crippen LogP contribution is -2.26. The van der Waals surface area contributed by atoms with E-state index in [-0.39, 0.29) is 11.9 Å². The van der Waals surface area contributed by atoms with Gasteiger partial charge in [0.25, 0.3) is 5.91 Å². The van der Waals surface area contributed by atoms with Crippen molar-refractivity contribution in [2.45, 2.75) is 39.0 Å². The third-order valence-electron chi connectivity index (χ3n) is 3.97. The lowest BCUT2D eigenvalue weighted by Gasteiger charge is -2.20. The van der Waals surface area contributed by atoms with Gasteiger partial charge in [-0.15, -0.1) is 0 Å². The van der Waals surface area contributed by atoms with Gasteiger partial charge in [0.1, 0.15) is 0 Å². The number of nitrogens with two attached hydrogens (primary N) is 1. The zero-order valence-corrected chi connectivity index (χ0v) is 15.8. The molecule has 2 rings (SSSR count). The normalized spacial score (nSPS) is 10.5. The number of para-hydroxylation sites is 1. The van der Waals surface area contributed by atoms with E-state index in [1.165, 1.54) is 18.0 Å². The Hall–Kier alpha value is -2.41. The number of aromatic nitrogens is 2. The van der Waals surface area contributed by atoms with E-state index < -0.39 is 5.91 Å². The molecule has 7 heteroatoms. The second-order valence-electron chi connectivity index (χ2n) is 5.97. The molecule has 6 nitrogen and oxygen atoms in total. The highest BCUT2D eigenvalue weighted by molar-refractivity contribution is 7.80. The second kappa shape index (κ2) is 9.91. The Morgan fingerprint density at radius 3 is 2.42 bits per heavy atom. The molecule has 2 N–H and O–H groups in total. The number of anilines is 2. The number of unbranched alkanes of at least 4 members (excludes halogenated alkanes) is 3. The fraction of sp³-hybridized carbons (Fsp3) is 0.368. The summed E-state index contributed by atoms with van der Waals surface area (Å²) in [6, 6.07) is 9.17. The smallest absolute Gasteiger partial charge is 0.252 e. The summed E-state index contributed by atoms with van der Waals surface area (Å²) in [5.41, 5.74) is 7.01. The van der Waals surface area contributed by atoms with Crippen LogP contribution in [0.4, 0.5) is 11.6 Å². The Morgan fingerprint density at radius 2 is 1.81 bits per heavy atom. The van der Waals surface area contributed by atoms with Gasteiger partial charge in [0.15, 0.2) is 0 Å². The number of benzene rings is 1. The number of rotatable bonds is 9. The summed E-state index contributed by atoms with van der Waals surface area (Å²) in [7, 11) is 0. The van der Waals surface area contributed by atoms with Crippen molar-refractivity contribution in [1.82, 2.24) is 9.97 Å². The van der Waals surface area contributed by atoms with Crippen molar-refractivity contribution in [1.29, 1.82) is 0 Å². The SMILES string of the molecule is CC(=O)N(c1ccccc1)c1ncc(C(N)=O)c(CCCCCCS)n1. The summed E-state index contributed by atoms with van der Waals surface area (Å²) in [4.78, 5) is 34.0. The maximum Gasteiger partial charge on any atom is 0.252 e. The molecule has 0 unspecified atom stereocenters. The standard InChI is InChI=1S/C19H24N4O2S/c1-14(24)23(15-9-5-4-6-10-15)19-21-13-16(18(20)25)17(22-19)11-7-2-3-8-12-26/h4-6,9-10,13,26H,2-3,7-8,11-12H2,1H3,(H2,20,25). The number of carbonyl (C=O) groups is 2. The maximum absolute atomic E-state index is 12.2. The first-order valence-corrected chi connectivity index (χ1v) is 9.30. The topological polar surface area (TPSA) is 89.2 Å². The average molecular weight is 372 g/mol. The van der Waals surface area contributed by atoms with Crippen molar-refractivity contribution >= 4 is 36.1 Å². The van der Waals surface area contributed by atoms with Crippen LogP contribution in [0.25, 0.3) is 0 Å². The van der Waals surface area contributed by atoms with Gasteiger partial charge in [0.05, 0.1) is 16.9 Å². The molecule has 0 atom stereocenters. The minimum Gasteiger partial charge on any atom is -0.365 e. The Morgan fingerprint density at radius 1 is 1.12 bits per heavy atom. The molecule has 2 amide bonds. The molecule has 0 fully saturated rings. The first kappa shape index (κ1) is 19.9. The van der Waals surface area contributed by atoms with Crippen LogP contribution in [0.1, 0.15) is 48.7 Å². The average Bonchev–Trinajstić information content (AvgIpc) is 2.62. The largest absolute Gasteiger partial charge is 0.365 e. The molecule has 0 aliphatic rings. The molecule has 138 valence electrons. The molecule has 1 aromatic carbocycles. The van der Waals surface area contributed by atoms with Crippen molar-refractivity contribution in [3.8, 4) is 0 Å². The van der Waals surface area contributed by atoms with E-state index in [4.69, 9.17) is 5.73 Å². The van der Waals surface area contributed by atoms with Gasteiger partial charge in [-0.05, 0) is 37.1 Å². The van der Waals surface area contributed by atoms with E-state index in [2.05, 4.69) is 22.6 Å². The molecular formula is C19H24N4O2S. The van der Waals surface area contributed by atoms with Crippen LogP contribution >= 0.6 is 12.6 Å². The highest BCUT2D eigenvalue weighted by atomic mass is 32.1. The van der Waals surface area contributed by atoms with E-state index in [9.17, 15) is 9.59 Å². The van der Waals surface area contributed by atoms with E-state index in [0.717, 1.165) is 31.4 Å². The lowest BCUT2D eigenvalue weighted by atomic mass is 10.1. The summed E-state index contributed by atoms with van der Waals surface area (Å²) in [5, 5.41) is 0. The number of amides is 2. The summed E-state index contributed by atoms with van der Waals surface area (Å²) < 4.78 is 0. The molecule has 0 spiro atoms. The van der Waals surface area contributed by atoms with Crippen molar-refractivity contribution < 1.29 is 9.59 Å². The highest BCUT2D eigenvalue weighted by Gasteiger charge is 2.20. The Labute approximate surface area is 159 Å². The molecule has 0 saturated heterocycles. The molecule has 1 aromatic heterocycles.